The number of anilines is 1. The van der Waals surface area contributed by atoms with Crippen LogP contribution in [0.2, 0.25) is 0 Å². The lowest BCUT2D eigenvalue weighted by atomic mass is 9.94. The number of hydrogen-bond donors (Lipinski definition) is 1. The van der Waals surface area contributed by atoms with Gasteiger partial charge < -0.3 is 5.32 Å². The van der Waals surface area contributed by atoms with E-state index in [0.29, 0.717) is 22.8 Å². The van der Waals surface area contributed by atoms with Crippen LogP contribution >= 0.6 is 0 Å². The summed E-state index contributed by atoms with van der Waals surface area (Å²) >= 11 is 0. The first-order valence-electron chi connectivity index (χ1n) is 12.9. The number of aliphatic imine (C=N–C) groups is 1. The van der Waals surface area contributed by atoms with Crippen molar-refractivity contribution < 1.29 is 11.0 Å². The number of carbonyl (C=O) groups excluding carboxylic acids is 2. The Morgan fingerprint density at radius 1 is 0.821 bits per heavy atom. The maximum Gasteiger partial charge on any atom is 0.282 e. The largest absolute Gasteiger partial charge is 0.355 e. The van der Waals surface area contributed by atoms with Gasteiger partial charge in [0.15, 0.2) is 0 Å². The van der Waals surface area contributed by atoms with E-state index >= 15 is 0 Å². The van der Waals surface area contributed by atoms with E-state index in [0.717, 1.165) is 27.8 Å². The van der Waals surface area contributed by atoms with Gasteiger partial charge in [-0.15, -0.1) is 0 Å². The summed E-state index contributed by atoms with van der Waals surface area (Å²) in [5.74, 6) is 0.209. The van der Waals surface area contributed by atoms with Gasteiger partial charge in [0.25, 0.3) is 11.8 Å². The summed E-state index contributed by atoms with van der Waals surface area (Å²) in [4.78, 5) is 32.3. The Hall–Kier alpha value is -5.03. The summed E-state index contributed by atoms with van der Waals surface area (Å²) in [6.45, 7) is 8.24. The molecule has 5 nitrogen and oxygen atoms in total. The van der Waals surface area contributed by atoms with Crippen molar-refractivity contribution in [2.45, 2.75) is 13.8 Å². The van der Waals surface area contributed by atoms with Crippen molar-refractivity contribution in [3.05, 3.63) is 149 Å². The Bertz CT molecular complexity index is 1540. The lowest BCUT2D eigenvalue weighted by Crippen LogP contribution is -2.32. The quantitative estimate of drug-likeness (QED) is 0.276. The van der Waals surface area contributed by atoms with Gasteiger partial charge in [0.2, 0.25) is 0 Å². The van der Waals surface area contributed by atoms with Gasteiger partial charge >= 0.3 is 0 Å². The molecule has 4 aromatic rings. The van der Waals surface area contributed by atoms with E-state index in [1.807, 2.05) is 117 Å². The molecule has 0 radical (unpaired) electrons. The Morgan fingerprint density at radius 3 is 2.00 bits per heavy atom. The predicted molar refractivity (Wildman–Crippen MR) is 163 cm³/mol. The minimum absolute atomic E-state index is 0. The number of carbonyl (C=O) groups is 2. The molecule has 5 rings (SSSR count). The molecule has 1 aliphatic rings. The van der Waals surface area contributed by atoms with Crippen LogP contribution in [0.25, 0.3) is 11.6 Å². The van der Waals surface area contributed by atoms with Crippen LogP contribution in [0.3, 0.4) is 0 Å². The van der Waals surface area contributed by atoms with Gasteiger partial charge in [0, 0.05) is 19.6 Å². The van der Waals surface area contributed by atoms with E-state index in [1.165, 1.54) is 0 Å². The highest BCUT2D eigenvalue weighted by Gasteiger charge is 2.32. The summed E-state index contributed by atoms with van der Waals surface area (Å²) in [6, 6.07) is 34.3. The highest BCUT2D eigenvalue weighted by Crippen LogP contribution is 2.31. The number of benzene rings is 4. The van der Waals surface area contributed by atoms with Crippen molar-refractivity contribution in [2.75, 3.05) is 11.9 Å². The minimum atomic E-state index is -0.195. The molecule has 39 heavy (non-hydrogen) atoms. The second-order valence-electron chi connectivity index (χ2n) is 8.53. The molecule has 0 atom stereocenters. The molecule has 0 bridgehead atoms. The summed E-state index contributed by atoms with van der Waals surface area (Å²) < 4.78 is 0. The average molecular weight is 516 g/mol. The molecule has 1 heterocycles. The van der Waals surface area contributed by atoms with Crippen molar-refractivity contribution in [1.82, 2.24) is 5.32 Å². The zero-order chi connectivity index (χ0) is 27.8. The second-order valence-corrected chi connectivity index (χ2v) is 8.53. The van der Waals surface area contributed by atoms with E-state index in [4.69, 9.17) is 4.99 Å². The molecular weight excluding hydrogens is 482 g/mol. The maximum atomic E-state index is 13.6. The van der Waals surface area contributed by atoms with Crippen LogP contribution < -0.4 is 10.2 Å². The fourth-order valence-corrected chi connectivity index (χ4v) is 4.29. The van der Waals surface area contributed by atoms with Crippen LogP contribution in [0.15, 0.2) is 126 Å². The standard InChI is InChI=1S/C32H25N3O2.C2H6.H2/c1-22(27-15-9-10-16-28(27)31(36)33-2)24-17-19-26(20-18-24)35-30(25-13-7-4-8-14-25)34-29(32(35)37)21-23-11-5-3-6-12-23;1-2;/h3-21H,1H2,2H3,(H,33,36);1-2H3;1H/b29-21-;;. The van der Waals surface area contributed by atoms with Gasteiger partial charge in [-0.3, -0.25) is 14.5 Å². The van der Waals surface area contributed by atoms with Crippen LogP contribution in [0, 0.1) is 0 Å². The van der Waals surface area contributed by atoms with Crippen molar-refractivity contribution in [3.63, 3.8) is 0 Å². The number of hydrogen-bond acceptors (Lipinski definition) is 3. The van der Waals surface area contributed by atoms with Crippen LogP contribution in [0.4, 0.5) is 5.69 Å². The molecule has 0 saturated heterocycles. The second kappa shape index (κ2) is 12.5. The fraction of sp³-hybridized carbons (Fsp3) is 0.0882. The van der Waals surface area contributed by atoms with Crippen molar-refractivity contribution >= 4 is 35.0 Å². The number of rotatable bonds is 6. The zero-order valence-corrected chi connectivity index (χ0v) is 22.4. The molecule has 0 spiro atoms. The molecule has 0 aromatic heterocycles. The average Bonchev–Trinajstić information content (AvgIpc) is 3.33. The Balaban J connectivity index is 0.00000144. The van der Waals surface area contributed by atoms with E-state index in [-0.39, 0.29) is 13.2 Å². The minimum Gasteiger partial charge on any atom is -0.355 e. The van der Waals surface area contributed by atoms with Gasteiger partial charge in [-0.1, -0.05) is 111 Å². The smallest absolute Gasteiger partial charge is 0.282 e. The molecule has 5 heteroatoms. The lowest BCUT2D eigenvalue weighted by molar-refractivity contribution is -0.113. The third-order valence-electron chi connectivity index (χ3n) is 6.19. The summed E-state index contributed by atoms with van der Waals surface area (Å²) in [5, 5.41) is 2.68. The third-order valence-corrected chi connectivity index (χ3v) is 6.19. The molecule has 1 aliphatic heterocycles. The normalized spacial score (nSPS) is 13.4. The van der Waals surface area contributed by atoms with Crippen molar-refractivity contribution in [1.29, 1.82) is 0 Å². The molecule has 2 amide bonds. The maximum absolute atomic E-state index is 13.6. The summed E-state index contributed by atoms with van der Waals surface area (Å²) in [5.41, 5.74) is 5.71. The van der Waals surface area contributed by atoms with Crippen LogP contribution in [0.5, 0.6) is 0 Å². The monoisotopic (exact) mass is 515 g/mol. The van der Waals surface area contributed by atoms with E-state index in [2.05, 4.69) is 11.9 Å². The zero-order valence-electron chi connectivity index (χ0n) is 22.4. The van der Waals surface area contributed by atoms with Crippen LogP contribution in [-0.2, 0) is 4.79 Å². The highest BCUT2D eigenvalue weighted by atomic mass is 16.2. The fourth-order valence-electron chi connectivity index (χ4n) is 4.29. The van der Waals surface area contributed by atoms with Gasteiger partial charge in [0.05, 0.1) is 5.69 Å². The van der Waals surface area contributed by atoms with E-state index in [9.17, 15) is 9.59 Å². The first-order valence-corrected chi connectivity index (χ1v) is 12.9. The van der Waals surface area contributed by atoms with Crippen LogP contribution in [-0.4, -0.2) is 24.7 Å². The molecule has 4 aromatic carbocycles. The van der Waals surface area contributed by atoms with Gasteiger partial charge in [-0.25, -0.2) is 4.99 Å². The Kier molecular flexibility index (Phi) is 8.64. The van der Waals surface area contributed by atoms with Crippen LogP contribution in [0.1, 0.15) is 47.9 Å². The third kappa shape index (κ3) is 5.78. The van der Waals surface area contributed by atoms with Crippen molar-refractivity contribution in [3.8, 4) is 0 Å². The molecule has 1 N–H and O–H groups in total. The van der Waals surface area contributed by atoms with Gasteiger partial charge in [-0.05, 0) is 46.5 Å². The lowest BCUT2D eigenvalue weighted by Gasteiger charge is -2.19. The molecule has 0 fully saturated rings. The molecule has 0 saturated carbocycles. The first-order chi connectivity index (χ1) is 19.1. The van der Waals surface area contributed by atoms with Crippen molar-refractivity contribution in [2.24, 2.45) is 4.99 Å². The molecule has 0 unspecified atom stereocenters. The number of nitrogens with one attached hydrogen (secondary N) is 1. The molecule has 0 aliphatic carbocycles. The van der Waals surface area contributed by atoms with E-state index < -0.39 is 0 Å². The SMILES string of the molecule is C=C(c1ccc(N2C(=O)/C(=C/c3ccccc3)N=C2c2ccccc2)cc1)c1ccccc1C(=O)NC.CC.[HH]. The summed E-state index contributed by atoms with van der Waals surface area (Å²) in [6.07, 6.45) is 1.80. The van der Waals surface area contributed by atoms with E-state index in [1.54, 1.807) is 24.1 Å². The highest BCUT2D eigenvalue weighted by molar-refractivity contribution is 6.33. The first kappa shape index (κ1) is 27.0. The number of nitrogens with zero attached hydrogens (tertiary/aromatic N) is 2. The molecular formula is C34H33N3O2. The predicted octanol–water partition coefficient (Wildman–Crippen LogP) is 7.21. The Labute approximate surface area is 231 Å². The number of amidine groups is 1. The summed E-state index contributed by atoms with van der Waals surface area (Å²) in [7, 11) is 1.61. The number of amides is 2. The molecule has 196 valence electrons. The van der Waals surface area contributed by atoms with Gasteiger partial charge in [0.1, 0.15) is 11.5 Å². The Morgan fingerprint density at radius 2 is 1.38 bits per heavy atom. The van der Waals surface area contributed by atoms with Gasteiger partial charge in [-0.2, -0.15) is 0 Å². The topological polar surface area (TPSA) is 61.8 Å².